The monoisotopic (exact) mass is 472 g/mol. The van der Waals surface area contributed by atoms with E-state index in [2.05, 4.69) is 15.4 Å². The Balaban J connectivity index is 1.79. The number of methoxy groups -OCH3 is 1. The third kappa shape index (κ3) is 4.51. The summed E-state index contributed by atoms with van der Waals surface area (Å²) in [5.41, 5.74) is 1.78. The zero-order valence-corrected chi connectivity index (χ0v) is 18.4. The van der Waals surface area contributed by atoms with Crippen molar-refractivity contribution < 1.29 is 9.53 Å². The van der Waals surface area contributed by atoms with Crippen molar-refractivity contribution >= 4 is 46.4 Å². The molecule has 0 bridgehead atoms. The largest absolute Gasteiger partial charge is 0.495 e. The molecule has 0 aliphatic carbocycles. The minimum absolute atomic E-state index is 0.0352. The molecule has 1 N–H and O–H groups in total. The van der Waals surface area contributed by atoms with Gasteiger partial charge in [0.05, 0.1) is 28.5 Å². The molecular weight excluding hydrogens is 459 g/mol. The maximum Gasteiger partial charge on any atom is 0.295 e. The van der Waals surface area contributed by atoms with Gasteiger partial charge in [-0.25, -0.2) is 9.67 Å². The van der Waals surface area contributed by atoms with Crippen molar-refractivity contribution in [3.63, 3.8) is 0 Å². The van der Waals surface area contributed by atoms with Crippen LogP contribution in [0.1, 0.15) is 10.6 Å². The van der Waals surface area contributed by atoms with E-state index in [9.17, 15) is 4.79 Å². The number of carbonyl (C=O) groups is 1. The summed E-state index contributed by atoms with van der Waals surface area (Å²) < 4.78 is 6.80. The molecule has 0 radical (unpaired) electrons. The van der Waals surface area contributed by atoms with Gasteiger partial charge in [0.2, 0.25) is 5.82 Å². The lowest BCUT2D eigenvalue weighted by molar-refractivity contribution is 0.101. The van der Waals surface area contributed by atoms with E-state index >= 15 is 0 Å². The molecule has 0 fully saturated rings. The van der Waals surface area contributed by atoms with Gasteiger partial charge in [0.15, 0.2) is 5.82 Å². The topological polar surface area (TPSA) is 69.0 Å². The van der Waals surface area contributed by atoms with Crippen molar-refractivity contribution in [1.82, 2.24) is 14.8 Å². The third-order valence-corrected chi connectivity index (χ3v) is 5.37. The first-order valence-electron chi connectivity index (χ1n) is 9.09. The summed E-state index contributed by atoms with van der Waals surface area (Å²) in [5.74, 6) is 0.416. The molecule has 0 saturated carbocycles. The van der Waals surface area contributed by atoms with Gasteiger partial charge in [-0.3, -0.25) is 4.79 Å². The summed E-state index contributed by atoms with van der Waals surface area (Å²) in [5, 5.41) is 8.48. The SMILES string of the molecule is COc1ccccc1NC(=O)c1nc(-c2cccc(Cl)c2)n(-c2ccc(Cl)c(Cl)c2)n1. The summed E-state index contributed by atoms with van der Waals surface area (Å²) in [7, 11) is 1.53. The molecule has 0 atom stereocenters. The fraction of sp³-hybridized carbons (Fsp3) is 0.0455. The van der Waals surface area contributed by atoms with Crippen LogP contribution in [0, 0.1) is 0 Å². The number of aromatic nitrogens is 3. The third-order valence-electron chi connectivity index (χ3n) is 4.40. The molecule has 6 nitrogen and oxygen atoms in total. The molecule has 0 unspecified atom stereocenters. The number of hydrogen-bond donors (Lipinski definition) is 1. The lowest BCUT2D eigenvalue weighted by Gasteiger charge is -2.08. The molecule has 0 spiro atoms. The number of halogens is 3. The van der Waals surface area contributed by atoms with Crippen LogP contribution in [0.4, 0.5) is 5.69 Å². The molecule has 156 valence electrons. The number of rotatable bonds is 5. The maximum atomic E-state index is 12.9. The van der Waals surface area contributed by atoms with Crippen LogP contribution >= 0.6 is 34.8 Å². The molecule has 0 saturated heterocycles. The Bertz CT molecular complexity index is 1270. The molecule has 1 amide bonds. The molecule has 3 aromatic carbocycles. The van der Waals surface area contributed by atoms with Crippen LogP contribution in [-0.4, -0.2) is 27.8 Å². The Kier molecular flexibility index (Phi) is 6.13. The highest BCUT2D eigenvalue weighted by Gasteiger charge is 2.20. The Hall–Kier alpha value is -3.06. The van der Waals surface area contributed by atoms with Gasteiger partial charge in [-0.2, -0.15) is 0 Å². The number of amides is 1. The highest BCUT2D eigenvalue weighted by Crippen LogP contribution is 2.29. The highest BCUT2D eigenvalue weighted by molar-refractivity contribution is 6.42. The number of nitrogens with one attached hydrogen (secondary N) is 1. The van der Waals surface area contributed by atoms with E-state index in [0.29, 0.717) is 43.6 Å². The van der Waals surface area contributed by atoms with E-state index in [1.807, 2.05) is 12.1 Å². The summed E-state index contributed by atoms with van der Waals surface area (Å²) >= 11 is 18.4. The van der Waals surface area contributed by atoms with Gasteiger partial charge in [0.1, 0.15) is 5.75 Å². The smallest absolute Gasteiger partial charge is 0.295 e. The summed E-state index contributed by atoms with van der Waals surface area (Å²) in [6.07, 6.45) is 0. The normalized spacial score (nSPS) is 10.7. The summed E-state index contributed by atoms with van der Waals surface area (Å²) in [6.45, 7) is 0. The molecule has 31 heavy (non-hydrogen) atoms. The summed E-state index contributed by atoms with van der Waals surface area (Å²) in [6, 6.07) is 19.2. The molecular formula is C22H15Cl3N4O2. The molecule has 0 aliphatic rings. The predicted octanol–water partition coefficient (Wildman–Crippen LogP) is 6.16. The molecule has 0 aliphatic heterocycles. The number of para-hydroxylation sites is 2. The zero-order valence-electron chi connectivity index (χ0n) is 16.1. The highest BCUT2D eigenvalue weighted by atomic mass is 35.5. The number of ether oxygens (including phenoxy) is 1. The minimum Gasteiger partial charge on any atom is -0.495 e. The van der Waals surface area contributed by atoms with Crippen LogP contribution in [0.3, 0.4) is 0 Å². The quantitative estimate of drug-likeness (QED) is 0.377. The van der Waals surface area contributed by atoms with Gasteiger partial charge in [-0.1, -0.05) is 59.1 Å². The van der Waals surface area contributed by atoms with E-state index in [1.54, 1.807) is 54.6 Å². The van der Waals surface area contributed by atoms with Crippen LogP contribution in [0.15, 0.2) is 66.7 Å². The van der Waals surface area contributed by atoms with Crippen molar-refractivity contribution in [2.75, 3.05) is 12.4 Å². The van der Waals surface area contributed by atoms with Gasteiger partial charge >= 0.3 is 0 Å². The molecule has 4 rings (SSSR count). The Morgan fingerprint density at radius 1 is 0.968 bits per heavy atom. The van der Waals surface area contributed by atoms with Crippen LogP contribution in [0.2, 0.25) is 15.1 Å². The Labute approximate surface area is 193 Å². The fourth-order valence-corrected chi connectivity index (χ4v) is 3.43. The van der Waals surface area contributed by atoms with Gasteiger partial charge in [-0.15, -0.1) is 5.10 Å². The van der Waals surface area contributed by atoms with Gasteiger partial charge in [-0.05, 0) is 42.5 Å². The van der Waals surface area contributed by atoms with E-state index in [-0.39, 0.29) is 5.82 Å². The number of anilines is 1. The average molecular weight is 474 g/mol. The first-order chi connectivity index (χ1) is 15.0. The second-order valence-corrected chi connectivity index (χ2v) is 7.68. The molecule has 4 aromatic rings. The van der Waals surface area contributed by atoms with E-state index in [1.165, 1.54) is 11.8 Å². The summed E-state index contributed by atoms with van der Waals surface area (Å²) in [4.78, 5) is 17.4. The first-order valence-corrected chi connectivity index (χ1v) is 10.2. The second-order valence-electron chi connectivity index (χ2n) is 6.43. The molecule has 1 aromatic heterocycles. The Morgan fingerprint density at radius 2 is 1.77 bits per heavy atom. The van der Waals surface area contributed by atoms with Crippen LogP contribution in [-0.2, 0) is 0 Å². The number of hydrogen-bond acceptors (Lipinski definition) is 4. The lowest BCUT2D eigenvalue weighted by Crippen LogP contribution is -2.15. The van der Waals surface area contributed by atoms with Crippen molar-refractivity contribution in [3.8, 4) is 22.8 Å². The first kappa shape index (κ1) is 21.2. The van der Waals surface area contributed by atoms with Crippen LogP contribution in [0.5, 0.6) is 5.75 Å². The lowest BCUT2D eigenvalue weighted by atomic mass is 10.2. The van der Waals surface area contributed by atoms with Crippen molar-refractivity contribution in [2.24, 2.45) is 0 Å². The van der Waals surface area contributed by atoms with Crippen molar-refractivity contribution in [1.29, 1.82) is 0 Å². The van der Waals surface area contributed by atoms with Crippen molar-refractivity contribution in [3.05, 3.63) is 87.6 Å². The minimum atomic E-state index is -0.494. The Morgan fingerprint density at radius 3 is 2.52 bits per heavy atom. The standard InChI is InChI=1S/C22H15Cl3N4O2/c1-31-19-8-3-2-7-18(19)26-22(30)20-27-21(13-5-4-6-14(23)11-13)29(28-20)15-9-10-16(24)17(25)12-15/h2-12H,1H3,(H,26,30). The van der Waals surface area contributed by atoms with E-state index in [4.69, 9.17) is 39.5 Å². The number of carbonyl (C=O) groups excluding carboxylic acids is 1. The number of nitrogens with zero attached hydrogens (tertiary/aromatic N) is 3. The van der Waals surface area contributed by atoms with Gasteiger partial charge < -0.3 is 10.1 Å². The van der Waals surface area contributed by atoms with Gasteiger partial charge in [0, 0.05) is 10.6 Å². The van der Waals surface area contributed by atoms with Crippen molar-refractivity contribution in [2.45, 2.75) is 0 Å². The van der Waals surface area contributed by atoms with Crippen LogP contribution < -0.4 is 10.1 Å². The fourth-order valence-electron chi connectivity index (χ4n) is 2.95. The van der Waals surface area contributed by atoms with E-state index in [0.717, 1.165) is 0 Å². The van der Waals surface area contributed by atoms with Gasteiger partial charge in [0.25, 0.3) is 5.91 Å². The zero-order chi connectivity index (χ0) is 22.0. The van der Waals surface area contributed by atoms with E-state index < -0.39 is 5.91 Å². The number of benzene rings is 3. The molecule has 9 heteroatoms. The van der Waals surface area contributed by atoms with Crippen LogP contribution in [0.25, 0.3) is 17.1 Å². The maximum absolute atomic E-state index is 12.9. The molecule has 1 heterocycles. The average Bonchev–Trinajstić information content (AvgIpc) is 3.22. The predicted molar refractivity (Wildman–Crippen MR) is 123 cm³/mol. The second kappa shape index (κ2) is 8.98.